The van der Waals surface area contributed by atoms with Crippen LogP contribution in [0.15, 0.2) is 66.7 Å². The molecule has 0 saturated carbocycles. The van der Waals surface area contributed by atoms with Crippen molar-refractivity contribution in [2.24, 2.45) is 0 Å². The number of hydrogen-bond donors (Lipinski definition) is 1. The minimum Gasteiger partial charge on any atom is -0.479 e. The largest absolute Gasteiger partial charge is 0.479 e. The average molecular weight is 378 g/mol. The summed E-state index contributed by atoms with van der Waals surface area (Å²) >= 11 is 1.41. The highest BCUT2D eigenvalue weighted by Crippen LogP contribution is 2.30. The van der Waals surface area contributed by atoms with E-state index in [4.69, 9.17) is 10.00 Å². The van der Waals surface area contributed by atoms with Crippen molar-refractivity contribution in [3.8, 4) is 22.3 Å². The van der Waals surface area contributed by atoms with Gasteiger partial charge in [0.2, 0.25) is 5.91 Å². The van der Waals surface area contributed by atoms with Crippen LogP contribution in [0.25, 0.3) is 16.5 Å². The molecule has 1 amide bonds. The molecule has 3 rings (SSSR count). The number of rotatable bonds is 6. The van der Waals surface area contributed by atoms with Crippen LogP contribution in [-0.2, 0) is 4.79 Å². The summed E-state index contributed by atoms with van der Waals surface area (Å²) < 4.78 is 19.0. The molecular weight excluding hydrogens is 363 g/mol. The van der Waals surface area contributed by atoms with Gasteiger partial charge in [-0.2, -0.15) is 5.26 Å². The number of nitrogens with zero attached hydrogens (tertiary/aromatic N) is 1. The number of thiophene rings is 1. The van der Waals surface area contributed by atoms with Gasteiger partial charge in [0.05, 0.1) is 0 Å². The van der Waals surface area contributed by atoms with E-state index in [0.717, 1.165) is 9.75 Å². The Morgan fingerprint density at radius 3 is 2.67 bits per heavy atom. The van der Waals surface area contributed by atoms with Crippen LogP contribution in [0, 0.1) is 17.1 Å². The van der Waals surface area contributed by atoms with E-state index in [9.17, 15) is 9.18 Å². The zero-order valence-corrected chi connectivity index (χ0v) is 15.0. The smallest absolute Gasteiger partial charge is 0.248 e. The molecule has 3 aromatic rings. The van der Waals surface area contributed by atoms with Crippen molar-refractivity contribution in [2.45, 2.75) is 0 Å². The summed E-state index contributed by atoms with van der Waals surface area (Å²) in [6.45, 7) is -0.0237. The number of carbonyl (C=O) groups is 1. The molecule has 0 bridgehead atoms. The number of hydrogen-bond acceptors (Lipinski definition) is 4. The zero-order valence-electron chi connectivity index (χ0n) is 14.2. The number of benzene rings is 2. The van der Waals surface area contributed by atoms with Gasteiger partial charge in [-0.1, -0.05) is 18.2 Å². The van der Waals surface area contributed by atoms with Crippen molar-refractivity contribution in [1.82, 2.24) is 0 Å². The monoisotopic (exact) mass is 378 g/mol. The van der Waals surface area contributed by atoms with Crippen LogP contribution in [0.5, 0.6) is 5.75 Å². The van der Waals surface area contributed by atoms with Crippen LogP contribution in [0.4, 0.5) is 10.1 Å². The molecule has 0 spiro atoms. The van der Waals surface area contributed by atoms with E-state index < -0.39 is 0 Å². The van der Waals surface area contributed by atoms with Crippen molar-refractivity contribution in [3.63, 3.8) is 0 Å². The Labute approximate surface area is 160 Å². The minimum absolute atomic E-state index is 0.0237. The van der Waals surface area contributed by atoms with Crippen LogP contribution in [0.1, 0.15) is 4.88 Å². The zero-order chi connectivity index (χ0) is 19.1. The molecule has 1 heterocycles. The Hall–Kier alpha value is -3.43. The molecule has 0 unspecified atom stereocenters. The van der Waals surface area contributed by atoms with E-state index in [2.05, 4.69) is 5.32 Å². The molecule has 1 N–H and O–H groups in total. The van der Waals surface area contributed by atoms with Crippen molar-refractivity contribution < 1.29 is 13.9 Å². The average Bonchev–Trinajstić information content (AvgIpc) is 3.15. The topological polar surface area (TPSA) is 62.1 Å². The highest BCUT2D eigenvalue weighted by molar-refractivity contribution is 7.16. The predicted molar refractivity (Wildman–Crippen MR) is 105 cm³/mol. The molecule has 0 fully saturated rings. The lowest BCUT2D eigenvalue weighted by molar-refractivity contribution is -0.111. The number of amides is 1. The van der Waals surface area contributed by atoms with Crippen LogP contribution in [-0.4, -0.2) is 12.5 Å². The van der Waals surface area contributed by atoms with Crippen molar-refractivity contribution in [1.29, 1.82) is 5.26 Å². The highest BCUT2D eigenvalue weighted by atomic mass is 32.1. The SMILES string of the molecule is N#CCOc1ccc(NC(=O)/C=C/c2ccc(-c3ccccc3F)s2)cc1. The van der Waals surface area contributed by atoms with Crippen LogP contribution in [0.3, 0.4) is 0 Å². The minimum atomic E-state index is -0.276. The summed E-state index contributed by atoms with van der Waals surface area (Å²) in [5, 5.41) is 11.2. The van der Waals surface area contributed by atoms with Crippen molar-refractivity contribution >= 4 is 29.0 Å². The first kappa shape index (κ1) is 18.4. The Kier molecular flexibility index (Phi) is 5.98. The van der Waals surface area contributed by atoms with Crippen molar-refractivity contribution in [2.75, 3.05) is 11.9 Å². The van der Waals surface area contributed by atoms with E-state index in [0.29, 0.717) is 17.0 Å². The normalized spacial score (nSPS) is 10.5. The molecule has 0 radical (unpaired) electrons. The number of halogens is 1. The van der Waals surface area contributed by atoms with Crippen LogP contribution in [0.2, 0.25) is 0 Å². The predicted octanol–water partition coefficient (Wildman–Crippen LogP) is 5.11. The molecule has 0 atom stereocenters. The first-order valence-electron chi connectivity index (χ1n) is 8.09. The molecule has 6 heteroatoms. The van der Waals surface area contributed by atoms with Gasteiger partial charge >= 0.3 is 0 Å². The van der Waals surface area contributed by atoms with E-state index in [1.165, 1.54) is 23.5 Å². The Morgan fingerprint density at radius 2 is 1.93 bits per heavy atom. The Morgan fingerprint density at radius 1 is 1.15 bits per heavy atom. The lowest BCUT2D eigenvalue weighted by Crippen LogP contribution is -2.07. The molecule has 1 aromatic heterocycles. The lowest BCUT2D eigenvalue weighted by atomic mass is 10.2. The highest BCUT2D eigenvalue weighted by Gasteiger charge is 2.06. The molecule has 0 saturated heterocycles. The molecule has 2 aromatic carbocycles. The third kappa shape index (κ3) is 5.03. The van der Waals surface area contributed by atoms with Gasteiger partial charge in [0.15, 0.2) is 6.61 Å². The quantitative estimate of drug-likeness (QED) is 0.607. The van der Waals surface area contributed by atoms with Gasteiger partial charge in [-0.25, -0.2) is 4.39 Å². The van der Waals surface area contributed by atoms with Gasteiger partial charge in [0.25, 0.3) is 0 Å². The van der Waals surface area contributed by atoms with Crippen molar-refractivity contribution in [3.05, 3.63) is 77.4 Å². The van der Waals surface area contributed by atoms with E-state index in [1.54, 1.807) is 48.5 Å². The summed E-state index contributed by atoms with van der Waals surface area (Å²) in [6.07, 6.45) is 3.12. The van der Waals surface area contributed by atoms with Crippen LogP contribution < -0.4 is 10.1 Å². The third-order valence-corrected chi connectivity index (χ3v) is 4.67. The summed E-state index contributed by atoms with van der Waals surface area (Å²) in [7, 11) is 0. The van der Waals surface area contributed by atoms with Gasteiger partial charge in [-0.05, 0) is 48.5 Å². The fraction of sp³-hybridized carbons (Fsp3) is 0.0476. The van der Waals surface area contributed by atoms with Gasteiger partial charge in [0, 0.05) is 27.1 Å². The van der Waals surface area contributed by atoms with Gasteiger partial charge in [0.1, 0.15) is 17.6 Å². The molecule has 134 valence electrons. The maximum absolute atomic E-state index is 13.8. The fourth-order valence-corrected chi connectivity index (χ4v) is 3.28. The van der Waals surface area contributed by atoms with Gasteiger partial charge < -0.3 is 10.1 Å². The van der Waals surface area contributed by atoms with Gasteiger partial charge in [-0.3, -0.25) is 4.79 Å². The fourth-order valence-electron chi connectivity index (χ4n) is 2.34. The summed E-state index contributed by atoms with van der Waals surface area (Å²) in [4.78, 5) is 13.7. The molecule has 0 aliphatic rings. The maximum Gasteiger partial charge on any atom is 0.248 e. The second-order valence-electron chi connectivity index (χ2n) is 5.48. The summed E-state index contributed by atoms with van der Waals surface area (Å²) in [5.74, 6) is 0.0145. The number of nitrogens with one attached hydrogen (secondary N) is 1. The standard InChI is InChI=1S/C21H15FN2O2S/c22-19-4-2-1-3-18(19)20-11-9-17(27-20)10-12-21(25)24-15-5-7-16(8-6-15)26-14-13-23/h1-12H,14H2,(H,24,25)/b12-10+. The maximum atomic E-state index is 13.8. The van der Waals surface area contributed by atoms with Gasteiger partial charge in [-0.15, -0.1) is 11.3 Å². The first-order valence-corrected chi connectivity index (χ1v) is 8.91. The first-order chi connectivity index (χ1) is 13.2. The third-order valence-electron chi connectivity index (χ3n) is 3.59. The molecule has 0 aliphatic heterocycles. The van der Waals surface area contributed by atoms with E-state index in [1.807, 2.05) is 18.2 Å². The molecule has 4 nitrogen and oxygen atoms in total. The van der Waals surface area contributed by atoms with E-state index in [-0.39, 0.29) is 18.3 Å². The summed E-state index contributed by atoms with van der Waals surface area (Å²) in [6, 6.07) is 18.9. The number of ether oxygens (including phenoxy) is 1. The molecule has 0 aliphatic carbocycles. The Balaban J connectivity index is 1.60. The number of nitriles is 1. The lowest BCUT2D eigenvalue weighted by Gasteiger charge is -2.04. The second kappa shape index (κ2) is 8.79. The number of carbonyl (C=O) groups excluding carboxylic acids is 1. The second-order valence-corrected chi connectivity index (χ2v) is 6.59. The molecule has 27 heavy (non-hydrogen) atoms. The summed E-state index contributed by atoms with van der Waals surface area (Å²) in [5.41, 5.74) is 1.16. The number of anilines is 1. The Bertz CT molecular complexity index is 1000. The molecular formula is C21H15FN2O2S. The van der Waals surface area contributed by atoms with E-state index >= 15 is 0 Å². The van der Waals surface area contributed by atoms with Crippen LogP contribution >= 0.6 is 11.3 Å².